The van der Waals surface area contributed by atoms with E-state index in [1.807, 2.05) is 71.6 Å². The second-order valence-electron chi connectivity index (χ2n) is 6.55. The summed E-state index contributed by atoms with van der Waals surface area (Å²) in [4.78, 5) is 14.9. The SMILES string of the molecule is O=C(c1cccc(OCc2ccccc2)c1)N(Cc1ccco1)C1CC1. The van der Waals surface area contributed by atoms with Crippen LogP contribution in [0.5, 0.6) is 5.75 Å². The Hall–Kier alpha value is -3.01. The van der Waals surface area contributed by atoms with Crippen molar-refractivity contribution in [3.05, 3.63) is 89.9 Å². The summed E-state index contributed by atoms with van der Waals surface area (Å²) in [7, 11) is 0. The van der Waals surface area contributed by atoms with Crippen molar-refractivity contribution in [2.45, 2.75) is 32.0 Å². The smallest absolute Gasteiger partial charge is 0.254 e. The maximum Gasteiger partial charge on any atom is 0.254 e. The summed E-state index contributed by atoms with van der Waals surface area (Å²) in [6.45, 7) is 0.989. The number of rotatable bonds is 7. The van der Waals surface area contributed by atoms with Gasteiger partial charge in [0, 0.05) is 11.6 Å². The minimum atomic E-state index is 0.0223. The topological polar surface area (TPSA) is 42.7 Å². The normalized spacial score (nSPS) is 13.4. The Morgan fingerprint density at radius 3 is 2.62 bits per heavy atom. The minimum absolute atomic E-state index is 0.0223. The van der Waals surface area contributed by atoms with E-state index in [2.05, 4.69) is 0 Å². The van der Waals surface area contributed by atoms with E-state index in [9.17, 15) is 4.79 Å². The van der Waals surface area contributed by atoms with Gasteiger partial charge >= 0.3 is 0 Å². The highest BCUT2D eigenvalue weighted by Gasteiger charge is 2.33. The molecule has 1 aliphatic rings. The van der Waals surface area contributed by atoms with E-state index in [-0.39, 0.29) is 5.91 Å². The lowest BCUT2D eigenvalue weighted by Crippen LogP contribution is -2.32. The van der Waals surface area contributed by atoms with Crippen LogP contribution < -0.4 is 4.74 Å². The van der Waals surface area contributed by atoms with Gasteiger partial charge in [0.05, 0.1) is 12.8 Å². The van der Waals surface area contributed by atoms with Crippen molar-refractivity contribution in [1.82, 2.24) is 4.90 Å². The van der Waals surface area contributed by atoms with Gasteiger partial charge in [0.1, 0.15) is 18.1 Å². The van der Waals surface area contributed by atoms with Crippen LogP contribution in [0, 0.1) is 0 Å². The lowest BCUT2D eigenvalue weighted by Gasteiger charge is -2.21. The maximum absolute atomic E-state index is 13.0. The van der Waals surface area contributed by atoms with Crippen LogP contribution >= 0.6 is 0 Å². The molecule has 1 fully saturated rings. The van der Waals surface area contributed by atoms with Crippen molar-refractivity contribution in [2.75, 3.05) is 0 Å². The summed E-state index contributed by atoms with van der Waals surface area (Å²) < 4.78 is 11.3. The third kappa shape index (κ3) is 3.97. The van der Waals surface area contributed by atoms with Crippen molar-refractivity contribution >= 4 is 5.91 Å². The molecule has 1 saturated carbocycles. The predicted molar refractivity (Wildman–Crippen MR) is 98.8 cm³/mol. The molecule has 26 heavy (non-hydrogen) atoms. The molecule has 0 saturated heterocycles. The maximum atomic E-state index is 13.0. The Bertz CT molecular complexity index is 854. The first-order valence-electron chi connectivity index (χ1n) is 8.90. The number of amides is 1. The third-order valence-electron chi connectivity index (χ3n) is 4.48. The lowest BCUT2D eigenvalue weighted by molar-refractivity contribution is 0.0717. The molecule has 132 valence electrons. The predicted octanol–water partition coefficient (Wildman–Crippen LogP) is 4.66. The fraction of sp³-hybridized carbons (Fsp3) is 0.227. The van der Waals surface area contributed by atoms with E-state index in [0.29, 0.717) is 30.5 Å². The standard InChI is InChI=1S/C22H21NO3/c24-22(23(19-11-12-19)15-21-10-5-13-25-21)18-8-4-9-20(14-18)26-16-17-6-2-1-3-7-17/h1-10,13-14,19H,11-12,15-16H2. The quantitative estimate of drug-likeness (QED) is 0.624. The van der Waals surface area contributed by atoms with E-state index < -0.39 is 0 Å². The summed E-state index contributed by atoms with van der Waals surface area (Å²) in [6, 6.07) is 21.5. The molecular formula is C22H21NO3. The molecular weight excluding hydrogens is 326 g/mol. The number of carbonyl (C=O) groups is 1. The number of hydrogen-bond acceptors (Lipinski definition) is 3. The van der Waals surface area contributed by atoms with Gasteiger partial charge in [-0.15, -0.1) is 0 Å². The van der Waals surface area contributed by atoms with Crippen LogP contribution in [0.1, 0.15) is 34.5 Å². The highest BCUT2D eigenvalue weighted by molar-refractivity contribution is 5.95. The van der Waals surface area contributed by atoms with Crippen LogP contribution in [0.2, 0.25) is 0 Å². The summed E-state index contributed by atoms with van der Waals surface area (Å²) in [5.74, 6) is 1.53. The Labute approximate surface area is 153 Å². The second kappa shape index (κ2) is 7.48. The zero-order valence-corrected chi connectivity index (χ0v) is 14.5. The number of nitrogens with zero attached hydrogens (tertiary/aromatic N) is 1. The largest absolute Gasteiger partial charge is 0.489 e. The molecule has 0 N–H and O–H groups in total. The molecule has 0 bridgehead atoms. The third-order valence-corrected chi connectivity index (χ3v) is 4.48. The second-order valence-corrected chi connectivity index (χ2v) is 6.55. The number of hydrogen-bond donors (Lipinski definition) is 0. The molecule has 0 atom stereocenters. The van der Waals surface area contributed by atoms with Crippen molar-refractivity contribution in [3.8, 4) is 5.75 Å². The van der Waals surface area contributed by atoms with E-state index in [0.717, 1.165) is 24.2 Å². The monoisotopic (exact) mass is 347 g/mol. The molecule has 4 heteroatoms. The van der Waals surface area contributed by atoms with Crippen molar-refractivity contribution in [2.24, 2.45) is 0 Å². The van der Waals surface area contributed by atoms with Gasteiger partial charge in [-0.1, -0.05) is 36.4 Å². The van der Waals surface area contributed by atoms with Crippen LogP contribution in [0.25, 0.3) is 0 Å². The first-order valence-corrected chi connectivity index (χ1v) is 8.90. The zero-order chi connectivity index (χ0) is 17.8. The number of carbonyl (C=O) groups excluding carboxylic acids is 1. The van der Waals surface area contributed by atoms with Crippen molar-refractivity contribution in [3.63, 3.8) is 0 Å². The lowest BCUT2D eigenvalue weighted by atomic mass is 10.1. The van der Waals surface area contributed by atoms with Gasteiger partial charge in [-0.25, -0.2) is 0 Å². The highest BCUT2D eigenvalue weighted by atomic mass is 16.5. The highest BCUT2D eigenvalue weighted by Crippen LogP contribution is 2.30. The molecule has 0 aliphatic heterocycles. The Morgan fingerprint density at radius 1 is 1.04 bits per heavy atom. The van der Waals surface area contributed by atoms with Crippen LogP contribution in [-0.4, -0.2) is 16.8 Å². The van der Waals surface area contributed by atoms with Gasteiger partial charge in [0.2, 0.25) is 0 Å². The zero-order valence-electron chi connectivity index (χ0n) is 14.5. The van der Waals surface area contributed by atoms with Gasteiger partial charge in [-0.3, -0.25) is 4.79 Å². The summed E-state index contributed by atoms with van der Waals surface area (Å²) >= 11 is 0. The molecule has 0 unspecified atom stereocenters. The Balaban J connectivity index is 1.46. The van der Waals surface area contributed by atoms with E-state index >= 15 is 0 Å². The number of furan rings is 1. The number of ether oxygens (including phenoxy) is 1. The molecule has 3 aromatic rings. The molecule has 4 rings (SSSR count). The van der Waals surface area contributed by atoms with Crippen LogP contribution in [0.4, 0.5) is 0 Å². The van der Waals surface area contributed by atoms with Gasteiger partial charge in [0.25, 0.3) is 5.91 Å². The summed E-state index contributed by atoms with van der Waals surface area (Å²) in [5, 5.41) is 0. The Kier molecular flexibility index (Phi) is 4.73. The summed E-state index contributed by atoms with van der Waals surface area (Å²) in [6.07, 6.45) is 3.75. The average molecular weight is 347 g/mol. The summed E-state index contributed by atoms with van der Waals surface area (Å²) in [5.41, 5.74) is 1.75. The molecule has 1 aliphatic carbocycles. The van der Waals surface area contributed by atoms with Crippen LogP contribution in [0.3, 0.4) is 0 Å². The van der Waals surface area contributed by atoms with Crippen LogP contribution in [0.15, 0.2) is 77.4 Å². The average Bonchev–Trinajstić information content (AvgIpc) is 3.40. The van der Waals surface area contributed by atoms with Crippen LogP contribution in [-0.2, 0) is 13.2 Å². The molecule has 0 spiro atoms. The molecule has 1 amide bonds. The first-order chi connectivity index (χ1) is 12.8. The minimum Gasteiger partial charge on any atom is -0.489 e. The van der Waals surface area contributed by atoms with E-state index in [1.54, 1.807) is 6.26 Å². The molecule has 0 radical (unpaired) electrons. The van der Waals surface area contributed by atoms with Gasteiger partial charge in [-0.2, -0.15) is 0 Å². The molecule has 1 aromatic heterocycles. The van der Waals surface area contributed by atoms with Gasteiger partial charge in [-0.05, 0) is 48.7 Å². The van der Waals surface area contributed by atoms with Crippen molar-refractivity contribution < 1.29 is 13.9 Å². The van der Waals surface area contributed by atoms with Gasteiger partial charge < -0.3 is 14.1 Å². The first kappa shape index (κ1) is 16.5. The van der Waals surface area contributed by atoms with E-state index in [1.165, 1.54) is 0 Å². The number of benzene rings is 2. The Morgan fingerprint density at radius 2 is 1.88 bits per heavy atom. The van der Waals surface area contributed by atoms with E-state index in [4.69, 9.17) is 9.15 Å². The van der Waals surface area contributed by atoms with Crippen molar-refractivity contribution in [1.29, 1.82) is 0 Å². The van der Waals surface area contributed by atoms with Gasteiger partial charge in [0.15, 0.2) is 0 Å². The fourth-order valence-electron chi connectivity index (χ4n) is 2.95. The molecule has 2 aromatic carbocycles. The molecule has 1 heterocycles. The fourth-order valence-corrected chi connectivity index (χ4v) is 2.95. The molecule has 4 nitrogen and oxygen atoms in total.